The van der Waals surface area contributed by atoms with E-state index in [0.29, 0.717) is 35.8 Å². The normalized spacial score (nSPS) is 21.8. The maximum Gasteiger partial charge on any atom is 0.224 e. The molecule has 2 heterocycles. The largest absolute Gasteiger partial charge is 0.366 e. The van der Waals surface area contributed by atoms with Crippen molar-refractivity contribution in [2.24, 2.45) is 11.3 Å². The summed E-state index contributed by atoms with van der Waals surface area (Å²) in [6.45, 7) is 7.61. The highest BCUT2D eigenvalue weighted by molar-refractivity contribution is 5.54. The van der Waals surface area contributed by atoms with E-state index in [0.717, 1.165) is 24.8 Å². The molecule has 0 spiro atoms. The number of nitrogens with one attached hydrogen (secondary N) is 2. The number of hydrogen-bond acceptors (Lipinski definition) is 7. The van der Waals surface area contributed by atoms with Crippen molar-refractivity contribution in [2.45, 2.75) is 52.5 Å². The van der Waals surface area contributed by atoms with Crippen LogP contribution in [0.1, 0.15) is 51.2 Å². The summed E-state index contributed by atoms with van der Waals surface area (Å²) in [7, 11) is 0. The van der Waals surface area contributed by atoms with E-state index < -0.39 is 0 Å². The Bertz CT molecular complexity index is 765. The first-order chi connectivity index (χ1) is 12.5. The van der Waals surface area contributed by atoms with Crippen LogP contribution in [-0.4, -0.2) is 27.7 Å². The summed E-state index contributed by atoms with van der Waals surface area (Å²) in [4.78, 5) is 8.77. The molecule has 7 nitrogen and oxygen atoms in total. The third kappa shape index (κ3) is 4.31. The Morgan fingerprint density at radius 1 is 1.35 bits per heavy atom. The Labute approximate surface area is 154 Å². The molecule has 1 fully saturated rings. The zero-order valence-electron chi connectivity index (χ0n) is 15.6. The third-order valence-electron chi connectivity index (χ3n) is 5.49. The molecule has 2 N–H and O–H groups in total. The lowest BCUT2D eigenvalue weighted by Crippen LogP contribution is -2.37. The van der Waals surface area contributed by atoms with Gasteiger partial charge in [-0.25, -0.2) is 4.98 Å². The molecule has 0 unspecified atom stereocenters. The third-order valence-corrected chi connectivity index (χ3v) is 5.49. The van der Waals surface area contributed by atoms with Gasteiger partial charge in [-0.15, -0.1) is 0 Å². The van der Waals surface area contributed by atoms with Crippen molar-refractivity contribution in [3.05, 3.63) is 29.8 Å². The van der Waals surface area contributed by atoms with Crippen molar-refractivity contribution in [1.82, 2.24) is 15.1 Å². The molecule has 7 heteroatoms. The minimum atomic E-state index is 0.287. The Morgan fingerprint density at radius 2 is 2.19 bits per heavy atom. The van der Waals surface area contributed by atoms with Crippen LogP contribution in [-0.2, 0) is 6.42 Å². The molecule has 0 saturated heterocycles. The van der Waals surface area contributed by atoms with Crippen molar-refractivity contribution >= 4 is 11.8 Å². The minimum Gasteiger partial charge on any atom is -0.366 e. The van der Waals surface area contributed by atoms with Crippen LogP contribution in [0, 0.1) is 22.7 Å². The van der Waals surface area contributed by atoms with Crippen molar-refractivity contribution in [3.8, 4) is 6.07 Å². The number of anilines is 2. The molecule has 3 rings (SSSR count). The van der Waals surface area contributed by atoms with Crippen LogP contribution in [0.3, 0.4) is 0 Å². The Hall–Kier alpha value is -2.62. The standard InChI is InChI=1S/C19H26N6O/c1-13-4-5-16(8-19(13,2)3)24-17-15(9-20)11-22-18(25-17)21-7-6-14-10-23-26-12-14/h10-13,16H,4-8H2,1-3H3,(H2,21,22,24,25)/t13-,16+/m0/s1. The van der Waals surface area contributed by atoms with Gasteiger partial charge in [0.15, 0.2) is 0 Å². The fraction of sp³-hybridized carbons (Fsp3) is 0.579. The number of nitriles is 1. The van der Waals surface area contributed by atoms with E-state index in [1.807, 2.05) is 0 Å². The lowest BCUT2D eigenvalue weighted by molar-refractivity contribution is 0.143. The average Bonchev–Trinajstić information content (AvgIpc) is 3.12. The topological polar surface area (TPSA) is 99.7 Å². The Balaban J connectivity index is 1.65. The van der Waals surface area contributed by atoms with E-state index in [1.54, 1.807) is 18.7 Å². The molecule has 2 atom stereocenters. The van der Waals surface area contributed by atoms with Gasteiger partial charge in [-0.1, -0.05) is 25.9 Å². The van der Waals surface area contributed by atoms with Gasteiger partial charge in [0, 0.05) is 18.2 Å². The number of rotatable bonds is 6. The summed E-state index contributed by atoms with van der Waals surface area (Å²) in [5.41, 5.74) is 1.78. The molecule has 0 radical (unpaired) electrons. The lowest BCUT2D eigenvalue weighted by Gasteiger charge is -2.41. The van der Waals surface area contributed by atoms with Crippen LogP contribution < -0.4 is 10.6 Å². The van der Waals surface area contributed by atoms with Crippen molar-refractivity contribution in [1.29, 1.82) is 5.26 Å². The van der Waals surface area contributed by atoms with Gasteiger partial charge in [-0.3, -0.25) is 0 Å². The second kappa shape index (κ2) is 7.73. The zero-order valence-corrected chi connectivity index (χ0v) is 15.6. The molecule has 138 valence electrons. The average molecular weight is 354 g/mol. The van der Waals surface area contributed by atoms with E-state index >= 15 is 0 Å². The quantitative estimate of drug-likeness (QED) is 0.817. The van der Waals surface area contributed by atoms with Gasteiger partial charge in [0.2, 0.25) is 5.95 Å². The SMILES string of the molecule is C[C@H]1CC[C@@H](Nc2nc(NCCc3cnoc3)ncc2C#N)CC1(C)C. The van der Waals surface area contributed by atoms with Gasteiger partial charge >= 0.3 is 0 Å². The van der Waals surface area contributed by atoms with Gasteiger partial charge in [-0.2, -0.15) is 10.2 Å². The van der Waals surface area contributed by atoms with E-state index in [4.69, 9.17) is 4.52 Å². The lowest BCUT2D eigenvalue weighted by atomic mass is 9.68. The minimum absolute atomic E-state index is 0.287. The zero-order chi connectivity index (χ0) is 18.6. The van der Waals surface area contributed by atoms with Gasteiger partial charge < -0.3 is 15.2 Å². The molecule has 1 aliphatic rings. The van der Waals surface area contributed by atoms with Gasteiger partial charge in [0.05, 0.1) is 12.4 Å². The molecule has 0 aliphatic heterocycles. The van der Waals surface area contributed by atoms with Gasteiger partial charge in [0.25, 0.3) is 0 Å². The second-order valence-corrected chi connectivity index (χ2v) is 7.79. The van der Waals surface area contributed by atoms with E-state index in [9.17, 15) is 5.26 Å². The molecule has 0 aromatic carbocycles. The van der Waals surface area contributed by atoms with E-state index in [-0.39, 0.29) is 5.41 Å². The number of nitrogens with zero attached hydrogens (tertiary/aromatic N) is 4. The fourth-order valence-electron chi connectivity index (χ4n) is 3.42. The first-order valence-corrected chi connectivity index (χ1v) is 9.14. The maximum absolute atomic E-state index is 9.38. The van der Waals surface area contributed by atoms with Gasteiger partial charge in [-0.05, 0) is 37.0 Å². The predicted octanol–water partition coefficient (Wildman–Crippen LogP) is 3.62. The maximum atomic E-state index is 9.38. The smallest absolute Gasteiger partial charge is 0.224 e. The van der Waals surface area contributed by atoms with Crippen LogP contribution in [0.4, 0.5) is 11.8 Å². The summed E-state index contributed by atoms with van der Waals surface area (Å²) in [5, 5.41) is 19.7. The predicted molar refractivity (Wildman–Crippen MR) is 99.7 cm³/mol. The highest BCUT2D eigenvalue weighted by atomic mass is 16.5. The Kier molecular flexibility index (Phi) is 5.40. The first kappa shape index (κ1) is 18.2. The molecule has 2 aromatic rings. The van der Waals surface area contributed by atoms with Crippen LogP contribution in [0.2, 0.25) is 0 Å². The summed E-state index contributed by atoms with van der Waals surface area (Å²) < 4.78 is 4.82. The fourth-order valence-corrected chi connectivity index (χ4v) is 3.42. The molecule has 0 bridgehead atoms. The molecule has 2 aromatic heterocycles. The van der Waals surface area contributed by atoms with E-state index in [2.05, 4.69) is 52.6 Å². The first-order valence-electron chi connectivity index (χ1n) is 9.14. The summed E-state index contributed by atoms with van der Waals surface area (Å²) in [5.74, 6) is 1.84. The summed E-state index contributed by atoms with van der Waals surface area (Å²) in [6, 6.07) is 2.51. The van der Waals surface area contributed by atoms with Crippen molar-refractivity contribution < 1.29 is 4.52 Å². The summed E-state index contributed by atoms with van der Waals surface area (Å²) >= 11 is 0. The van der Waals surface area contributed by atoms with Gasteiger partial charge in [0.1, 0.15) is 23.7 Å². The van der Waals surface area contributed by atoms with Crippen LogP contribution in [0.25, 0.3) is 0 Å². The van der Waals surface area contributed by atoms with Crippen LogP contribution in [0.5, 0.6) is 0 Å². The van der Waals surface area contributed by atoms with Crippen molar-refractivity contribution in [3.63, 3.8) is 0 Å². The Morgan fingerprint density at radius 3 is 2.88 bits per heavy atom. The molecular weight excluding hydrogens is 328 g/mol. The summed E-state index contributed by atoms with van der Waals surface area (Å²) in [6.07, 6.45) is 9.01. The molecule has 1 saturated carbocycles. The number of hydrogen-bond donors (Lipinski definition) is 2. The number of aromatic nitrogens is 3. The van der Waals surface area contributed by atoms with Crippen molar-refractivity contribution in [2.75, 3.05) is 17.2 Å². The molecule has 1 aliphatic carbocycles. The van der Waals surface area contributed by atoms with Crippen LogP contribution >= 0.6 is 0 Å². The monoisotopic (exact) mass is 354 g/mol. The molecular formula is C19H26N6O. The van der Waals surface area contributed by atoms with Crippen LogP contribution in [0.15, 0.2) is 23.2 Å². The van der Waals surface area contributed by atoms with E-state index in [1.165, 1.54) is 6.42 Å². The second-order valence-electron chi connectivity index (χ2n) is 7.79. The highest BCUT2D eigenvalue weighted by Crippen LogP contribution is 2.41. The molecule has 26 heavy (non-hydrogen) atoms. The highest BCUT2D eigenvalue weighted by Gasteiger charge is 2.34. The molecule has 0 amide bonds.